The fraction of sp³-hybridized carbons (Fsp3) is 0.0909. The number of nitrogens with zero attached hydrogens (tertiary/aromatic N) is 2. The maximum absolute atomic E-state index is 13.2. The van der Waals surface area contributed by atoms with Crippen molar-refractivity contribution in [2.45, 2.75) is 12.6 Å². The molecule has 1 unspecified atom stereocenters. The van der Waals surface area contributed by atoms with E-state index in [0.717, 1.165) is 16.8 Å². The van der Waals surface area contributed by atoms with Gasteiger partial charge in [-0.1, -0.05) is 54.6 Å². The first kappa shape index (κ1) is 15.9. The molecule has 0 aliphatic carbocycles. The second-order valence-electron chi connectivity index (χ2n) is 6.11. The number of anilines is 1. The third kappa shape index (κ3) is 2.91. The highest BCUT2D eigenvalue weighted by Crippen LogP contribution is 2.39. The van der Waals surface area contributed by atoms with Crippen LogP contribution in [0.1, 0.15) is 22.8 Å². The van der Waals surface area contributed by atoms with Crippen LogP contribution in [0.5, 0.6) is 5.75 Å². The lowest BCUT2D eigenvalue weighted by Gasteiger charge is -2.34. The Bertz CT molecular complexity index is 992. The minimum Gasteiger partial charge on any atom is -0.474 e. The van der Waals surface area contributed by atoms with E-state index in [-0.39, 0.29) is 5.91 Å². The molecule has 3 aromatic carbocycles. The number of hydrogen-bond donors (Lipinski definition) is 0. The lowest BCUT2D eigenvalue weighted by molar-refractivity contribution is -0.126. The van der Waals surface area contributed by atoms with Gasteiger partial charge in [-0.3, -0.25) is 4.79 Å². The second-order valence-corrected chi connectivity index (χ2v) is 6.11. The number of benzene rings is 3. The summed E-state index contributed by atoms with van der Waals surface area (Å²) in [6.45, 7) is 0.387. The largest absolute Gasteiger partial charge is 0.474 e. The molecular formula is C22H16N2O2. The van der Waals surface area contributed by atoms with Gasteiger partial charge in [-0.15, -0.1) is 0 Å². The van der Waals surface area contributed by atoms with Crippen molar-refractivity contribution >= 4 is 11.6 Å². The molecule has 4 nitrogen and oxygen atoms in total. The van der Waals surface area contributed by atoms with Crippen molar-refractivity contribution in [1.82, 2.24) is 0 Å². The Labute approximate surface area is 151 Å². The van der Waals surface area contributed by atoms with Gasteiger partial charge in [0.05, 0.1) is 23.9 Å². The molecule has 1 aliphatic heterocycles. The molecule has 0 N–H and O–H groups in total. The number of amides is 1. The fourth-order valence-corrected chi connectivity index (χ4v) is 3.14. The molecule has 1 aliphatic rings. The zero-order chi connectivity index (χ0) is 17.9. The number of ether oxygens (including phenoxy) is 1. The Kier molecular flexibility index (Phi) is 4.12. The predicted molar refractivity (Wildman–Crippen MR) is 98.6 cm³/mol. The Morgan fingerprint density at radius 2 is 1.73 bits per heavy atom. The van der Waals surface area contributed by atoms with Crippen LogP contribution >= 0.6 is 0 Å². The van der Waals surface area contributed by atoms with Crippen LogP contribution in [0, 0.1) is 11.3 Å². The minimum atomic E-state index is -0.676. The summed E-state index contributed by atoms with van der Waals surface area (Å²) in [6.07, 6.45) is -0.676. The summed E-state index contributed by atoms with van der Waals surface area (Å²) in [4.78, 5) is 14.9. The van der Waals surface area contributed by atoms with Gasteiger partial charge in [-0.25, -0.2) is 0 Å². The van der Waals surface area contributed by atoms with E-state index in [1.165, 1.54) is 0 Å². The number of carbonyl (C=O) groups is 1. The minimum absolute atomic E-state index is 0.114. The first-order chi connectivity index (χ1) is 12.8. The van der Waals surface area contributed by atoms with Crippen LogP contribution in [0.4, 0.5) is 5.69 Å². The SMILES string of the molecule is N#Cc1cccc(CN2C(=O)C(c3ccccc3)Oc3ccccc32)c1. The summed E-state index contributed by atoms with van der Waals surface area (Å²) in [5.74, 6) is 0.564. The maximum Gasteiger partial charge on any atom is 0.273 e. The van der Waals surface area contributed by atoms with Crippen LogP contribution in [0.15, 0.2) is 78.9 Å². The van der Waals surface area contributed by atoms with Crippen LogP contribution in [-0.2, 0) is 11.3 Å². The first-order valence-corrected chi connectivity index (χ1v) is 8.37. The van der Waals surface area contributed by atoms with Crippen molar-refractivity contribution in [3.05, 3.63) is 95.6 Å². The van der Waals surface area contributed by atoms with Crippen molar-refractivity contribution in [2.75, 3.05) is 4.90 Å². The van der Waals surface area contributed by atoms with Gasteiger partial charge >= 0.3 is 0 Å². The monoisotopic (exact) mass is 340 g/mol. The van der Waals surface area contributed by atoms with E-state index < -0.39 is 6.10 Å². The van der Waals surface area contributed by atoms with Gasteiger partial charge in [-0.05, 0) is 29.8 Å². The molecule has 0 saturated carbocycles. The zero-order valence-corrected chi connectivity index (χ0v) is 14.0. The average molecular weight is 340 g/mol. The van der Waals surface area contributed by atoms with Crippen molar-refractivity contribution in [3.8, 4) is 11.8 Å². The number of rotatable bonds is 3. The molecule has 0 bridgehead atoms. The molecule has 0 aromatic heterocycles. The third-order valence-corrected chi connectivity index (χ3v) is 4.39. The molecular weight excluding hydrogens is 324 g/mol. The van der Waals surface area contributed by atoms with Crippen molar-refractivity contribution in [3.63, 3.8) is 0 Å². The zero-order valence-electron chi connectivity index (χ0n) is 14.0. The molecule has 0 radical (unpaired) electrons. The Morgan fingerprint density at radius 1 is 0.962 bits per heavy atom. The molecule has 3 aromatic rings. The van der Waals surface area contributed by atoms with Crippen LogP contribution < -0.4 is 9.64 Å². The Hall–Kier alpha value is -3.58. The second kappa shape index (κ2) is 6.73. The lowest BCUT2D eigenvalue weighted by atomic mass is 10.0. The molecule has 4 heteroatoms. The van der Waals surface area contributed by atoms with E-state index in [0.29, 0.717) is 17.9 Å². The number of para-hydroxylation sites is 2. The molecule has 1 heterocycles. The van der Waals surface area contributed by atoms with Gasteiger partial charge in [0.2, 0.25) is 6.10 Å². The van der Waals surface area contributed by atoms with Gasteiger partial charge in [-0.2, -0.15) is 5.26 Å². The highest BCUT2D eigenvalue weighted by atomic mass is 16.5. The normalized spacial score (nSPS) is 15.7. The number of carbonyl (C=O) groups excluding carboxylic acids is 1. The standard InChI is InChI=1S/C22H16N2O2/c23-14-16-7-6-8-17(13-16)15-24-19-11-4-5-12-20(19)26-21(22(24)25)18-9-2-1-3-10-18/h1-13,21H,15H2. The van der Waals surface area contributed by atoms with Crippen LogP contribution in [0.3, 0.4) is 0 Å². The van der Waals surface area contributed by atoms with E-state index in [4.69, 9.17) is 10.00 Å². The van der Waals surface area contributed by atoms with E-state index in [1.54, 1.807) is 11.0 Å². The van der Waals surface area contributed by atoms with Crippen molar-refractivity contribution in [2.24, 2.45) is 0 Å². The molecule has 1 amide bonds. The molecule has 0 saturated heterocycles. The molecule has 0 spiro atoms. The third-order valence-electron chi connectivity index (χ3n) is 4.39. The van der Waals surface area contributed by atoms with Gasteiger partial charge in [0, 0.05) is 5.56 Å². The van der Waals surface area contributed by atoms with Crippen LogP contribution in [0.2, 0.25) is 0 Å². The Morgan fingerprint density at radius 3 is 2.54 bits per heavy atom. The summed E-state index contributed by atoms with van der Waals surface area (Å²) in [5.41, 5.74) is 3.05. The highest BCUT2D eigenvalue weighted by molar-refractivity contribution is 6.00. The molecule has 4 rings (SSSR count). The summed E-state index contributed by atoms with van der Waals surface area (Å²) < 4.78 is 6.00. The maximum atomic E-state index is 13.2. The summed E-state index contributed by atoms with van der Waals surface area (Å²) >= 11 is 0. The average Bonchev–Trinajstić information content (AvgIpc) is 2.70. The summed E-state index contributed by atoms with van der Waals surface area (Å²) in [6, 6.07) is 26.5. The van der Waals surface area contributed by atoms with Crippen molar-refractivity contribution < 1.29 is 9.53 Å². The van der Waals surface area contributed by atoms with Gasteiger partial charge in [0.1, 0.15) is 5.75 Å². The van der Waals surface area contributed by atoms with E-state index >= 15 is 0 Å². The van der Waals surface area contributed by atoms with Gasteiger partial charge < -0.3 is 9.64 Å². The van der Waals surface area contributed by atoms with Gasteiger partial charge in [0.25, 0.3) is 5.91 Å². The van der Waals surface area contributed by atoms with Crippen LogP contribution in [-0.4, -0.2) is 5.91 Å². The lowest BCUT2D eigenvalue weighted by Crippen LogP contribution is -2.40. The fourth-order valence-electron chi connectivity index (χ4n) is 3.14. The van der Waals surface area contributed by atoms with Crippen molar-refractivity contribution in [1.29, 1.82) is 5.26 Å². The van der Waals surface area contributed by atoms with Gasteiger partial charge in [0.15, 0.2) is 0 Å². The molecule has 26 heavy (non-hydrogen) atoms. The number of nitriles is 1. The van der Waals surface area contributed by atoms with E-state index in [1.807, 2.05) is 72.8 Å². The topological polar surface area (TPSA) is 53.3 Å². The van der Waals surface area contributed by atoms with E-state index in [2.05, 4.69) is 6.07 Å². The first-order valence-electron chi connectivity index (χ1n) is 8.37. The number of hydrogen-bond acceptors (Lipinski definition) is 3. The van der Waals surface area contributed by atoms with E-state index in [9.17, 15) is 4.79 Å². The Balaban J connectivity index is 1.74. The quantitative estimate of drug-likeness (QED) is 0.717. The molecule has 1 atom stereocenters. The summed E-state index contributed by atoms with van der Waals surface area (Å²) in [7, 11) is 0. The molecule has 126 valence electrons. The highest BCUT2D eigenvalue weighted by Gasteiger charge is 2.35. The molecule has 0 fully saturated rings. The summed E-state index contributed by atoms with van der Waals surface area (Å²) in [5, 5.41) is 9.12. The predicted octanol–water partition coefficient (Wildman–Crippen LogP) is 4.23. The smallest absolute Gasteiger partial charge is 0.273 e. The number of fused-ring (bicyclic) bond motifs is 1. The van der Waals surface area contributed by atoms with Crippen LogP contribution in [0.25, 0.3) is 0 Å².